The molecule has 7 heteroatoms. The van der Waals surface area contributed by atoms with Gasteiger partial charge in [-0.2, -0.15) is 5.26 Å². The van der Waals surface area contributed by atoms with E-state index in [-0.39, 0.29) is 17.3 Å². The predicted octanol–water partition coefficient (Wildman–Crippen LogP) is 0.254. The van der Waals surface area contributed by atoms with Crippen LogP contribution in [0.2, 0.25) is 0 Å². The number of hydrogen-bond donors (Lipinski definition) is 2. The fourth-order valence-electron chi connectivity index (χ4n) is 1.66. The van der Waals surface area contributed by atoms with E-state index in [9.17, 15) is 13.2 Å². The minimum atomic E-state index is -3.70. The highest BCUT2D eigenvalue weighted by Gasteiger charge is 2.50. The van der Waals surface area contributed by atoms with Crippen LogP contribution in [0.3, 0.4) is 0 Å². The summed E-state index contributed by atoms with van der Waals surface area (Å²) in [6.07, 6.45) is 1.19. The van der Waals surface area contributed by atoms with Crippen molar-refractivity contribution in [3.05, 3.63) is 29.8 Å². The number of nitrogens with two attached hydrogens (primary N) is 1. The van der Waals surface area contributed by atoms with Crippen molar-refractivity contribution in [3.8, 4) is 6.07 Å². The minimum Gasteiger partial charge on any atom is -0.351 e. The second-order valence-electron chi connectivity index (χ2n) is 4.57. The molecule has 6 nitrogen and oxygen atoms in total. The van der Waals surface area contributed by atoms with Crippen molar-refractivity contribution in [1.82, 2.24) is 5.32 Å². The summed E-state index contributed by atoms with van der Waals surface area (Å²) < 4.78 is 22.1. The van der Waals surface area contributed by atoms with Gasteiger partial charge in [0.05, 0.1) is 11.0 Å². The highest BCUT2D eigenvalue weighted by molar-refractivity contribution is 7.89. The first-order valence-electron chi connectivity index (χ1n) is 5.69. The molecule has 0 atom stereocenters. The van der Waals surface area contributed by atoms with Crippen LogP contribution in [0.15, 0.2) is 29.2 Å². The topological polar surface area (TPSA) is 113 Å². The van der Waals surface area contributed by atoms with Gasteiger partial charge in [-0.15, -0.1) is 0 Å². The van der Waals surface area contributed by atoms with E-state index in [1.165, 1.54) is 12.1 Å². The van der Waals surface area contributed by atoms with Crippen LogP contribution in [0.1, 0.15) is 18.4 Å². The summed E-state index contributed by atoms with van der Waals surface area (Å²) in [5.74, 6) is -0.273. The largest absolute Gasteiger partial charge is 0.351 e. The molecule has 19 heavy (non-hydrogen) atoms. The molecule has 1 fully saturated rings. The monoisotopic (exact) mass is 279 g/mol. The Morgan fingerprint density at radius 1 is 1.37 bits per heavy atom. The normalized spacial score (nSPS) is 16.4. The lowest BCUT2D eigenvalue weighted by Crippen LogP contribution is -2.30. The van der Waals surface area contributed by atoms with Gasteiger partial charge in [0.25, 0.3) is 0 Å². The van der Waals surface area contributed by atoms with Gasteiger partial charge in [0.2, 0.25) is 15.9 Å². The lowest BCUT2D eigenvalue weighted by Gasteiger charge is -2.08. The van der Waals surface area contributed by atoms with Crippen LogP contribution in [-0.4, -0.2) is 14.3 Å². The zero-order chi connectivity index (χ0) is 14.1. The van der Waals surface area contributed by atoms with Crippen LogP contribution < -0.4 is 10.5 Å². The summed E-state index contributed by atoms with van der Waals surface area (Å²) >= 11 is 0. The first kappa shape index (κ1) is 13.5. The van der Waals surface area contributed by atoms with Crippen LogP contribution in [-0.2, 0) is 21.4 Å². The number of rotatable bonds is 4. The van der Waals surface area contributed by atoms with Crippen LogP contribution in [0.4, 0.5) is 0 Å². The van der Waals surface area contributed by atoms with Crippen LogP contribution in [0.25, 0.3) is 0 Å². The molecule has 0 spiro atoms. The molecule has 3 N–H and O–H groups in total. The third-order valence-corrected chi connectivity index (χ3v) is 4.03. The Balaban J connectivity index is 1.98. The summed E-state index contributed by atoms with van der Waals surface area (Å²) in [5.41, 5.74) is -0.102. The number of carbonyl (C=O) groups excluding carboxylic acids is 1. The van der Waals surface area contributed by atoms with Crippen molar-refractivity contribution in [2.45, 2.75) is 24.3 Å². The lowest BCUT2D eigenvalue weighted by molar-refractivity contribution is -0.124. The van der Waals surface area contributed by atoms with Crippen molar-refractivity contribution >= 4 is 15.9 Å². The van der Waals surface area contributed by atoms with Gasteiger partial charge in [-0.1, -0.05) is 12.1 Å². The minimum absolute atomic E-state index is 0.0262. The fraction of sp³-hybridized carbons (Fsp3) is 0.333. The molecule has 100 valence electrons. The van der Waals surface area contributed by atoms with Gasteiger partial charge >= 0.3 is 0 Å². The quantitative estimate of drug-likeness (QED) is 0.822. The Labute approximate surface area is 111 Å². The standard InChI is InChI=1S/C12H13N3O3S/c13-8-12(5-6-12)11(16)15-7-9-1-3-10(4-2-9)19(14,17)18/h1-4H,5-7H2,(H,15,16)(H2,14,17,18). The number of nitrogens with zero attached hydrogens (tertiary/aromatic N) is 1. The third kappa shape index (κ3) is 2.92. The molecule has 1 aromatic carbocycles. The number of sulfonamides is 1. The van der Waals surface area contributed by atoms with E-state index >= 15 is 0 Å². The SMILES string of the molecule is N#CC1(C(=O)NCc2ccc(S(N)(=O)=O)cc2)CC1. The van der Waals surface area contributed by atoms with Crippen LogP contribution >= 0.6 is 0 Å². The summed E-state index contributed by atoms with van der Waals surface area (Å²) in [5, 5.41) is 16.5. The maximum atomic E-state index is 11.7. The summed E-state index contributed by atoms with van der Waals surface area (Å²) in [6.45, 7) is 0.257. The molecule has 1 amide bonds. The van der Waals surface area contributed by atoms with E-state index in [2.05, 4.69) is 5.32 Å². The Kier molecular flexibility index (Phi) is 3.30. The van der Waals surface area contributed by atoms with E-state index in [1.54, 1.807) is 12.1 Å². The highest BCUT2D eigenvalue weighted by Crippen LogP contribution is 2.44. The Morgan fingerprint density at radius 3 is 2.37 bits per heavy atom. The zero-order valence-corrected chi connectivity index (χ0v) is 10.9. The van der Waals surface area contributed by atoms with Crippen molar-refractivity contribution < 1.29 is 13.2 Å². The number of hydrogen-bond acceptors (Lipinski definition) is 4. The molecule has 1 aromatic rings. The summed E-state index contributed by atoms with van der Waals surface area (Å²) in [4.78, 5) is 11.7. The van der Waals surface area contributed by atoms with Gasteiger partial charge in [0, 0.05) is 6.54 Å². The molecule has 0 aliphatic heterocycles. The van der Waals surface area contributed by atoms with Gasteiger partial charge in [-0.05, 0) is 30.5 Å². The molecule has 0 heterocycles. The predicted molar refractivity (Wildman–Crippen MR) is 66.9 cm³/mol. The fourth-order valence-corrected chi connectivity index (χ4v) is 2.18. The van der Waals surface area contributed by atoms with Crippen molar-refractivity contribution in [2.75, 3.05) is 0 Å². The number of nitriles is 1. The first-order chi connectivity index (χ1) is 8.87. The number of carbonyl (C=O) groups is 1. The number of amides is 1. The lowest BCUT2D eigenvalue weighted by atomic mass is 10.1. The van der Waals surface area contributed by atoms with Gasteiger partial charge in [0.15, 0.2) is 0 Å². The number of benzene rings is 1. The average Bonchev–Trinajstić information content (AvgIpc) is 3.16. The van der Waals surface area contributed by atoms with Gasteiger partial charge in [-0.3, -0.25) is 4.79 Å². The van der Waals surface area contributed by atoms with E-state index in [0.29, 0.717) is 12.8 Å². The van der Waals surface area contributed by atoms with E-state index in [4.69, 9.17) is 10.4 Å². The van der Waals surface area contributed by atoms with Crippen molar-refractivity contribution in [2.24, 2.45) is 10.6 Å². The molecule has 2 rings (SSSR count). The Morgan fingerprint density at radius 2 is 1.95 bits per heavy atom. The van der Waals surface area contributed by atoms with Gasteiger partial charge in [-0.25, -0.2) is 13.6 Å². The molecule has 1 aliphatic carbocycles. The highest BCUT2D eigenvalue weighted by atomic mass is 32.2. The second kappa shape index (κ2) is 4.64. The molecule has 1 saturated carbocycles. The Hall–Kier alpha value is -1.91. The van der Waals surface area contributed by atoms with Gasteiger partial charge < -0.3 is 5.32 Å². The molecular weight excluding hydrogens is 266 g/mol. The summed E-state index contributed by atoms with van der Waals surface area (Å²) in [6, 6.07) is 7.93. The summed E-state index contributed by atoms with van der Waals surface area (Å²) in [7, 11) is -3.70. The van der Waals surface area contributed by atoms with E-state index in [1.807, 2.05) is 6.07 Å². The van der Waals surface area contributed by atoms with Crippen LogP contribution in [0, 0.1) is 16.7 Å². The molecule has 0 radical (unpaired) electrons. The third-order valence-electron chi connectivity index (χ3n) is 3.10. The van der Waals surface area contributed by atoms with E-state index in [0.717, 1.165) is 5.56 Å². The number of primary sulfonamides is 1. The molecule has 0 aromatic heterocycles. The maximum absolute atomic E-state index is 11.7. The first-order valence-corrected chi connectivity index (χ1v) is 7.23. The smallest absolute Gasteiger partial charge is 0.240 e. The van der Waals surface area contributed by atoms with Crippen molar-refractivity contribution in [3.63, 3.8) is 0 Å². The molecular formula is C12H13N3O3S. The second-order valence-corrected chi connectivity index (χ2v) is 6.13. The van der Waals surface area contributed by atoms with E-state index < -0.39 is 15.4 Å². The number of nitrogens with one attached hydrogen (secondary N) is 1. The Bertz CT molecular complexity index is 640. The average molecular weight is 279 g/mol. The van der Waals surface area contributed by atoms with Gasteiger partial charge in [0.1, 0.15) is 5.41 Å². The molecule has 0 unspecified atom stereocenters. The molecule has 0 bridgehead atoms. The zero-order valence-electron chi connectivity index (χ0n) is 10.1. The maximum Gasteiger partial charge on any atom is 0.240 e. The molecule has 0 saturated heterocycles. The van der Waals surface area contributed by atoms with Crippen LogP contribution in [0.5, 0.6) is 0 Å². The van der Waals surface area contributed by atoms with Crippen molar-refractivity contribution in [1.29, 1.82) is 5.26 Å². The molecule has 1 aliphatic rings.